The van der Waals surface area contributed by atoms with Gasteiger partial charge in [0.25, 0.3) is 0 Å². The lowest BCUT2D eigenvalue weighted by molar-refractivity contribution is -0.123. The van der Waals surface area contributed by atoms with Gasteiger partial charge in [-0.25, -0.2) is 0 Å². The number of nitrogens with zero attached hydrogens (tertiary/aromatic N) is 3. The maximum Gasteiger partial charge on any atom is 0.234 e. The number of amides is 1. The third-order valence-electron chi connectivity index (χ3n) is 4.95. The lowest BCUT2D eigenvalue weighted by atomic mass is 9.93. The predicted octanol–water partition coefficient (Wildman–Crippen LogP) is 1.66. The molecule has 5 nitrogen and oxygen atoms in total. The number of carbonyl (C=O) groups is 1. The van der Waals surface area contributed by atoms with Crippen LogP contribution in [0.5, 0.6) is 0 Å². The van der Waals surface area contributed by atoms with Crippen molar-refractivity contribution in [3.63, 3.8) is 0 Å². The monoisotopic (exact) mass is 290 g/mol. The number of aryl methyl sites for hydroxylation is 1. The van der Waals surface area contributed by atoms with Crippen molar-refractivity contribution >= 4 is 5.91 Å². The summed E-state index contributed by atoms with van der Waals surface area (Å²) in [5.74, 6) is 0.799. The van der Waals surface area contributed by atoms with Crippen LogP contribution in [0.2, 0.25) is 0 Å². The maximum absolute atomic E-state index is 12.1. The summed E-state index contributed by atoms with van der Waals surface area (Å²) in [4.78, 5) is 14.4. The first-order valence-electron chi connectivity index (χ1n) is 8.22. The maximum atomic E-state index is 12.1. The summed E-state index contributed by atoms with van der Waals surface area (Å²) in [7, 11) is 2.01. The van der Waals surface area contributed by atoms with Gasteiger partial charge in [-0.3, -0.25) is 14.4 Å². The number of piperidine rings is 1. The van der Waals surface area contributed by atoms with Crippen molar-refractivity contribution in [2.24, 2.45) is 7.05 Å². The zero-order chi connectivity index (χ0) is 14.7. The smallest absolute Gasteiger partial charge is 0.234 e. The van der Waals surface area contributed by atoms with Gasteiger partial charge in [-0.1, -0.05) is 12.8 Å². The van der Waals surface area contributed by atoms with Crippen LogP contribution in [0.15, 0.2) is 12.3 Å². The van der Waals surface area contributed by atoms with E-state index in [-0.39, 0.29) is 5.91 Å². The third-order valence-corrected chi connectivity index (χ3v) is 4.95. The summed E-state index contributed by atoms with van der Waals surface area (Å²) in [5, 5.41) is 7.43. The van der Waals surface area contributed by atoms with E-state index in [2.05, 4.69) is 21.4 Å². The Labute approximate surface area is 126 Å². The van der Waals surface area contributed by atoms with Crippen LogP contribution in [0.25, 0.3) is 0 Å². The number of likely N-dealkylation sites (tertiary alicyclic amines) is 1. The average molecular weight is 290 g/mol. The normalized spacial score (nSPS) is 21.8. The second-order valence-corrected chi connectivity index (χ2v) is 6.48. The molecule has 0 spiro atoms. The summed E-state index contributed by atoms with van der Waals surface area (Å²) >= 11 is 0. The van der Waals surface area contributed by atoms with Gasteiger partial charge in [0.15, 0.2) is 0 Å². The number of hydrogen-bond acceptors (Lipinski definition) is 3. The van der Waals surface area contributed by atoms with Crippen molar-refractivity contribution in [2.45, 2.75) is 50.5 Å². The number of carbonyl (C=O) groups excluding carboxylic acids is 1. The van der Waals surface area contributed by atoms with Crippen molar-refractivity contribution < 1.29 is 4.79 Å². The molecule has 1 aliphatic carbocycles. The summed E-state index contributed by atoms with van der Waals surface area (Å²) in [6, 6.07) is 2.55. The number of rotatable bonds is 4. The molecule has 0 atom stereocenters. The van der Waals surface area contributed by atoms with Crippen LogP contribution in [0.1, 0.15) is 50.1 Å². The first-order chi connectivity index (χ1) is 10.2. The Hall–Kier alpha value is -1.36. The number of hydrogen-bond donors (Lipinski definition) is 1. The highest BCUT2D eigenvalue weighted by Crippen LogP contribution is 2.27. The summed E-state index contributed by atoms with van der Waals surface area (Å²) < 4.78 is 1.98. The lowest BCUT2D eigenvalue weighted by Gasteiger charge is -2.31. The fourth-order valence-corrected chi connectivity index (χ4v) is 3.72. The highest BCUT2D eigenvalue weighted by atomic mass is 16.2. The van der Waals surface area contributed by atoms with Crippen molar-refractivity contribution in [1.29, 1.82) is 0 Å². The molecule has 2 aliphatic rings. The van der Waals surface area contributed by atoms with Crippen LogP contribution in [0.4, 0.5) is 0 Å². The highest BCUT2D eigenvalue weighted by Gasteiger charge is 2.24. The lowest BCUT2D eigenvalue weighted by Crippen LogP contribution is -2.43. The highest BCUT2D eigenvalue weighted by molar-refractivity contribution is 5.78. The van der Waals surface area contributed by atoms with Gasteiger partial charge in [-0.05, 0) is 44.8 Å². The minimum absolute atomic E-state index is 0.209. The van der Waals surface area contributed by atoms with Crippen LogP contribution in [-0.2, 0) is 11.8 Å². The van der Waals surface area contributed by atoms with Gasteiger partial charge in [-0.2, -0.15) is 5.10 Å². The van der Waals surface area contributed by atoms with Crippen molar-refractivity contribution in [2.75, 3.05) is 19.6 Å². The van der Waals surface area contributed by atoms with Crippen LogP contribution in [-0.4, -0.2) is 46.3 Å². The van der Waals surface area contributed by atoms with Gasteiger partial charge in [0.2, 0.25) is 5.91 Å². The van der Waals surface area contributed by atoms with E-state index in [4.69, 9.17) is 0 Å². The van der Waals surface area contributed by atoms with Gasteiger partial charge in [0.1, 0.15) is 0 Å². The van der Waals surface area contributed by atoms with E-state index in [1.807, 2.05) is 17.9 Å². The molecule has 21 heavy (non-hydrogen) atoms. The standard InChI is InChI=1S/C16H26N4O/c1-19-15(6-9-17-19)13-7-10-20(11-8-13)12-16(21)18-14-4-2-3-5-14/h6,9,13-14H,2-5,7-8,10-12H2,1H3,(H,18,21). The molecule has 1 aromatic heterocycles. The number of nitrogens with one attached hydrogen (secondary N) is 1. The zero-order valence-electron chi connectivity index (χ0n) is 12.9. The molecule has 0 radical (unpaired) electrons. The molecule has 5 heteroatoms. The predicted molar refractivity (Wildman–Crippen MR) is 82.0 cm³/mol. The van der Waals surface area contributed by atoms with Crippen LogP contribution >= 0.6 is 0 Å². The first-order valence-corrected chi connectivity index (χ1v) is 8.22. The van der Waals surface area contributed by atoms with E-state index in [1.165, 1.54) is 18.5 Å². The molecule has 116 valence electrons. The quantitative estimate of drug-likeness (QED) is 0.917. The Kier molecular flexibility index (Phi) is 4.58. The third kappa shape index (κ3) is 3.64. The molecule has 2 heterocycles. The largest absolute Gasteiger partial charge is 0.352 e. The van der Waals surface area contributed by atoms with Crippen molar-refractivity contribution in [3.05, 3.63) is 18.0 Å². The van der Waals surface area contributed by atoms with Gasteiger partial charge in [0.05, 0.1) is 6.54 Å². The van der Waals surface area contributed by atoms with E-state index in [0.29, 0.717) is 18.5 Å². The van der Waals surface area contributed by atoms with Crippen molar-refractivity contribution in [3.8, 4) is 0 Å². The summed E-state index contributed by atoms with van der Waals surface area (Å²) in [6.07, 6.45) is 8.97. The van der Waals surface area contributed by atoms with Gasteiger partial charge in [0, 0.05) is 30.9 Å². The topological polar surface area (TPSA) is 50.2 Å². The fraction of sp³-hybridized carbons (Fsp3) is 0.750. The molecular formula is C16H26N4O. The van der Waals surface area contributed by atoms with Crippen LogP contribution in [0.3, 0.4) is 0 Å². The molecule has 1 saturated heterocycles. The molecular weight excluding hydrogens is 264 g/mol. The van der Waals surface area contributed by atoms with E-state index in [9.17, 15) is 4.79 Å². The van der Waals surface area contributed by atoms with Gasteiger partial charge < -0.3 is 5.32 Å². The molecule has 0 aromatic carbocycles. The SMILES string of the molecule is Cn1nccc1C1CCN(CC(=O)NC2CCCC2)CC1. The molecule has 2 fully saturated rings. The van der Waals surface area contributed by atoms with Crippen LogP contribution < -0.4 is 5.32 Å². The second kappa shape index (κ2) is 6.60. The van der Waals surface area contributed by atoms with Gasteiger partial charge >= 0.3 is 0 Å². The Morgan fingerprint density at radius 1 is 1.29 bits per heavy atom. The molecule has 1 aromatic rings. The van der Waals surface area contributed by atoms with E-state index < -0.39 is 0 Å². The van der Waals surface area contributed by atoms with Crippen molar-refractivity contribution in [1.82, 2.24) is 20.0 Å². The number of aromatic nitrogens is 2. The molecule has 1 saturated carbocycles. The molecule has 3 rings (SSSR count). The van der Waals surface area contributed by atoms with E-state index >= 15 is 0 Å². The molecule has 0 bridgehead atoms. The Morgan fingerprint density at radius 2 is 2.00 bits per heavy atom. The minimum Gasteiger partial charge on any atom is -0.352 e. The van der Waals surface area contributed by atoms with Gasteiger partial charge in [-0.15, -0.1) is 0 Å². The molecule has 0 unspecified atom stereocenters. The van der Waals surface area contributed by atoms with Crippen LogP contribution in [0, 0.1) is 0 Å². The zero-order valence-corrected chi connectivity index (χ0v) is 12.9. The average Bonchev–Trinajstić information content (AvgIpc) is 3.11. The first kappa shape index (κ1) is 14.6. The second-order valence-electron chi connectivity index (χ2n) is 6.48. The van der Waals surface area contributed by atoms with E-state index in [0.717, 1.165) is 38.8 Å². The molecule has 1 aliphatic heterocycles. The minimum atomic E-state index is 0.209. The van der Waals surface area contributed by atoms with E-state index in [1.54, 1.807) is 0 Å². The fourth-order valence-electron chi connectivity index (χ4n) is 3.72. The summed E-state index contributed by atoms with van der Waals surface area (Å²) in [6.45, 7) is 2.58. The Morgan fingerprint density at radius 3 is 2.62 bits per heavy atom. The molecule has 1 N–H and O–H groups in total. The Balaban J connectivity index is 1.43. The molecule has 1 amide bonds. The Bertz CT molecular complexity index is 470. The summed E-state index contributed by atoms with van der Waals surface area (Å²) in [5.41, 5.74) is 1.32.